The number of rotatable bonds is 8. The lowest BCUT2D eigenvalue weighted by atomic mass is 10.0. The smallest absolute Gasteiger partial charge is 0.222 e. The van der Waals surface area contributed by atoms with Crippen LogP contribution < -0.4 is 5.73 Å². The summed E-state index contributed by atoms with van der Waals surface area (Å²) in [5.41, 5.74) is 5.54. The van der Waals surface area contributed by atoms with E-state index in [1.807, 2.05) is 4.90 Å². The lowest BCUT2D eigenvalue weighted by Gasteiger charge is -2.25. The summed E-state index contributed by atoms with van der Waals surface area (Å²) in [7, 11) is 0. The topological polar surface area (TPSA) is 46.3 Å². The van der Waals surface area contributed by atoms with Crippen molar-refractivity contribution in [3.05, 3.63) is 0 Å². The van der Waals surface area contributed by atoms with E-state index >= 15 is 0 Å². The van der Waals surface area contributed by atoms with Gasteiger partial charge in [0, 0.05) is 19.5 Å². The molecular weight excluding hydrogens is 224 g/mol. The number of nitrogens with zero attached hydrogens (tertiary/aromatic N) is 1. The molecule has 1 amide bonds. The van der Waals surface area contributed by atoms with Crippen molar-refractivity contribution in [2.75, 3.05) is 19.6 Å². The molecule has 0 unspecified atom stereocenters. The maximum absolute atomic E-state index is 12.2. The number of nitrogens with two attached hydrogens (primary N) is 1. The molecule has 3 heteroatoms. The van der Waals surface area contributed by atoms with Crippen LogP contribution in [0.4, 0.5) is 0 Å². The zero-order valence-electron chi connectivity index (χ0n) is 12.2. The summed E-state index contributed by atoms with van der Waals surface area (Å²) >= 11 is 0. The van der Waals surface area contributed by atoms with E-state index in [9.17, 15) is 4.79 Å². The van der Waals surface area contributed by atoms with Crippen LogP contribution in [0.25, 0.3) is 0 Å². The van der Waals surface area contributed by atoms with E-state index in [0.29, 0.717) is 18.4 Å². The fourth-order valence-electron chi connectivity index (χ4n) is 2.83. The van der Waals surface area contributed by atoms with Crippen molar-refractivity contribution in [1.29, 1.82) is 0 Å². The van der Waals surface area contributed by atoms with Crippen molar-refractivity contribution in [3.8, 4) is 0 Å². The van der Waals surface area contributed by atoms with E-state index in [2.05, 4.69) is 13.8 Å². The van der Waals surface area contributed by atoms with Crippen molar-refractivity contribution in [2.45, 2.75) is 58.8 Å². The summed E-state index contributed by atoms with van der Waals surface area (Å²) in [6, 6.07) is 0. The minimum absolute atomic E-state index is 0.337. The molecule has 0 spiro atoms. The van der Waals surface area contributed by atoms with Crippen molar-refractivity contribution < 1.29 is 4.79 Å². The highest BCUT2D eigenvalue weighted by molar-refractivity contribution is 5.76. The van der Waals surface area contributed by atoms with Gasteiger partial charge in [-0.25, -0.2) is 0 Å². The van der Waals surface area contributed by atoms with Crippen LogP contribution in [0.2, 0.25) is 0 Å². The molecule has 0 aromatic rings. The Bertz CT molecular complexity index is 235. The van der Waals surface area contributed by atoms with E-state index in [4.69, 9.17) is 5.73 Å². The van der Waals surface area contributed by atoms with Crippen LogP contribution in [0.15, 0.2) is 0 Å². The molecule has 1 aliphatic rings. The standard InChI is InChI=1S/C15H30N2O/c1-13(2)12-17(11-5-10-16)15(18)9-8-14-6-3-4-7-14/h13-14H,3-12,16H2,1-2H3. The lowest BCUT2D eigenvalue weighted by Crippen LogP contribution is -2.35. The van der Waals surface area contributed by atoms with Gasteiger partial charge >= 0.3 is 0 Å². The molecule has 1 saturated carbocycles. The molecule has 0 aromatic heterocycles. The van der Waals surface area contributed by atoms with E-state index in [1.165, 1.54) is 25.7 Å². The van der Waals surface area contributed by atoms with Crippen LogP contribution in [0.5, 0.6) is 0 Å². The van der Waals surface area contributed by atoms with Gasteiger partial charge in [-0.1, -0.05) is 39.5 Å². The van der Waals surface area contributed by atoms with Crippen molar-refractivity contribution in [3.63, 3.8) is 0 Å². The summed E-state index contributed by atoms with van der Waals surface area (Å²) in [6.07, 6.45) is 8.14. The molecule has 3 nitrogen and oxygen atoms in total. The Hall–Kier alpha value is -0.570. The molecule has 0 bridgehead atoms. The first-order valence-corrected chi connectivity index (χ1v) is 7.61. The first-order valence-electron chi connectivity index (χ1n) is 7.61. The molecule has 0 aliphatic heterocycles. The van der Waals surface area contributed by atoms with Crippen LogP contribution in [-0.4, -0.2) is 30.4 Å². The minimum atomic E-state index is 0.337. The zero-order valence-corrected chi connectivity index (χ0v) is 12.2. The van der Waals surface area contributed by atoms with Crippen LogP contribution in [0.1, 0.15) is 58.8 Å². The summed E-state index contributed by atoms with van der Waals surface area (Å²) in [6.45, 7) is 6.71. The lowest BCUT2D eigenvalue weighted by molar-refractivity contribution is -0.132. The summed E-state index contributed by atoms with van der Waals surface area (Å²) in [4.78, 5) is 14.2. The van der Waals surface area contributed by atoms with Gasteiger partial charge in [0.2, 0.25) is 5.91 Å². The fourth-order valence-corrected chi connectivity index (χ4v) is 2.83. The van der Waals surface area contributed by atoms with Crippen molar-refractivity contribution in [2.24, 2.45) is 17.6 Å². The molecule has 0 saturated heterocycles. The predicted octanol–water partition coefficient (Wildman–Crippen LogP) is 2.79. The Kier molecular flexibility index (Phi) is 7.33. The second-order valence-electron chi connectivity index (χ2n) is 6.06. The SMILES string of the molecule is CC(C)CN(CCCN)C(=O)CCC1CCCC1. The van der Waals surface area contributed by atoms with Crippen LogP contribution in [0, 0.1) is 11.8 Å². The van der Waals surface area contributed by atoms with Crippen molar-refractivity contribution in [1.82, 2.24) is 4.90 Å². The van der Waals surface area contributed by atoms with Crippen LogP contribution >= 0.6 is 0 Å². The molecule has 2 N–H and O–H groups in total. The second kappa shape index (κ2) is 8.52. The van der Waals surface area contributed by atoms with Gasteiger partial charge in [-0.15, -0.1) is 0 Å². The number of carbonyl (C=O) groups is 1. The predicted molar refractivity (Wildman–Crippen MR) is 76.3 cm³/mol. The molecular formula is C15H30N2O. The normalized spacial score (nSPS) is 16.4. The first-order chi connectivity index (χ1) is 8.63. The summed E-state index contributed by atoms with van der Waals surface area (Å²) in [5.74, 6) is 1.69. The molecule has 18 heavy (non-hydrogen) atoms. The quantitative estimate of drug-likeness (QED) is 0.724. The van der Waals surface area contributed by atoms with Crippen molar-refractivity contribution >= 4 is 5.91 Å². The van der Waals surface area contributed by atoms with Crippen LogP contribution in [0.3, 0.4) is 0 Å². The largest absolute Gasteiger partial charge is 0.342 e. The third kappa shape index (κ3) is 5.85. The Labute approximate surface area is 112 Å². The average Bonchev–Trinajstić information content (AvgIpc) is 2.84. The Morgan fingerprint density at radius 3 is 2.56 bits per heavy atom. The van der Waals surface area contributed by atoms with Gasteiger partial charge in [0.25, 0.3) is 0 Å². The van der Waals surface area contributed by atoms with E-state index in [-0.39, 0.29) is 0 Å². The highest BCUT2D eigenvalue weighted by Gasteiger charge is 2.19. The molecule has 0 aromatic carbocycles. The van der Waals surface area contributed by atoms with Gasteiger partial charge in [-0.3, -0.25) is 4.79 Å². The molecule has 0 radical (unpaired) electrons. The summed E-state index contributed by atoms with van der Waals surface area (Å²) < 4.78 is 0. The van der Waals surface area contributed by atoms with Crippen LogP contribution in [-0.2, 0) is 4.79 Å². The number of hydrogen-bond donors (Lipinski definition) is 1. The monoisotopic (exact) mass is 254 g/mol. The third-order valence-corrected chi connectivity index (χ3v) is 3.81. The minimum Gasteiger partial charge on any atom is -0.342 e. The molecule has 1 rings (SSSR count). The van der Waals surface area contributed by atoms with Gasteiger partial charge in [0.05, 0.1) is 0 Å². The molecule has 0 heterocycles. The number of hydrogen-bond acceptors (Lipinski definition) is 2. The average molecular weight is 254 g/mol. The van der Waals surface area contributed by atoms with Gasteiger partial charge in [-0.05, 0) is 31.2 Å². The molecule has 106 valence electrons. The second-order valence-corrected chi connectivity index (χ2v) is 6.06. The van der Waals surface area contributed by atoms with E-state index in [1.54, 1.807) is 0 Å². The third-order valence-electron chi connectivity index (χ3n) is 3.81. The zero-order chi connectivity index (χ0) is 13.4. The molecule has 0 atom stereocenters. The van der Waals surface area contributed by atoms with E-state index in [0.717, 1.165) is 38.3 Å². The van der Waals surface area contributed by atoms with Gasteiger partial charge in [0.15, 0.2) is 0 Å². The number of amides is 1. The van der Waals surface area contributed by atoms with Gasteiger partial charge < -0.3 is 10.6 Å². The van der Waals surface area contributed by atoms with E-state index < -0.39 is 0 Å². The highest BCUT2D eigenvalue weighted by Crippen LogP contribution is 2.28. The fraction of sp³-hybridized carbons (Fsp3) is 0.933. The highest BCUT2D eigenvalue weighted by atomic mass is 16.2. The maximum atomic E-state index is 12.2. The summed E-state index contributed by atoms with van der Waals surface area (Å²) in [5, 5.41) is 0. The van der Waals surface area contributed by atoms with Gasteiger partial charge in [-0.2, -0.15) is 0 Å². The molecule has 1 aliphatic carbocycles. The molecule has 1 fully saturated rings. The first kappa shape index (κ1) is 15.5. The Morgan fingerprint density at radius 1 is 1.33 bits per heavy atom. The van der Waals surface area contributed by atoms with Gasteiger partial charge in [0.1, 0.15) is 0 Å². The number of carbonyl (C=O) groups excluding carboxylic acids is 1. The Balaban J connectivity index is 2.31. The maximum Gasteiger partial charge on any atom is 0.222 e. The Morgan fingerprint density at radius 2 is 2.00 bits per heavy atom.